The molecular weight excluding hydrogens is 264 g/mol. The Bertz CT molecular complexity index is 833. The molecule has 21 heavy (non-hydrogen) atoms. The Hall–Kier alpha value is -2.55. The van der Waals surface area contributed by atoms with Crippen LogP contribution in [0.25, 0.3) is 11.0 Å². The minimum atomic E-state index is -0.0800. The fourth-order valence-corrected chi connectivity index (χ4v) is 2.68. The standard InChI is InChI=1S/C18H16O3/c1-10-8-13(9-11(2)17(10)19)18(20)16-12(3)21-15-7-5-4-6-14(15)16/h4-9,19H,1-3H3. The molecule has 3 rings (SSSR count). The molecular formula is C18H16O3. The molecule has 0 saturated carbocycles. The first kappa shape index (κ1) is 13.4. The van der Waals surface area contributed by atoms with Crippen LogP contribution in [0, 0.1) is 20.8 Å². The first-order chi connectivity index (χ1) is 9.99. The second-order valence-corrected chi connectivity index (χ2v) is 5.32. The summed E-state index contributed by atoms with van der Waals surface area (Å²) in [4.78, 5) is 12.8. The summed E-state index contributed by atoms with van der Waals surface area (Å²) in [5.41, 5.74) is 3.27. The van der Waals surface area contributed by atoms with E-state index >= 15 is 0 Å². The van der Waals surface area contributed by atoms with Crippen LogP contribution in [0.4, 0.5) is 0 Å². The molecule has 106 valence electrons. The van der Waals surface area contributed by atoms with Crippen molar-refractivity contribution in [1.82, 2.24) is 0 Å². The van der Waals surface area contributed by atoms with Crippen molar-refractivity contribution in [3.8, 4) is 5.75 Å². The number of carbonyl (C=O) groups excluding carboxylic acids is 1. The Morgan fingerprint density at radius 1 is 1.05 bits per heavy atom. The number of hydrogen-bond donors (Lipinski definition) is 1. The maximum Gasteiger partial charge on any atom is 0.197 e. The number of phenols is 1. The minimum absolute atomic E-state index is 0.0800. The largest absolute Gasteiger partial charge is 0.507 e. The molecule has 0 unspecified atom stereocenters. The molecule has 0 fully saturated rings. The van der Waals surface area contributed by atoms with Gasteiger partial charge in [-0.15, -0.1) is 0 Å². The highest BCUT2D eigenvalue weighted by atomic mass is 16.3. The minimum Gasteiger partial charge on any atom is -0.507 e. The van der Waals surface area contributed by atoms with Crippen molar-refractivity contribution in [2.75, 3.05) is 0 Å². The Kier molecular flexibility index (Phi) is 3.05. The van der Waals surface area contributed by atoms with E-state index in [0.717, 1.165) is 5.39 Å². The van der Waals surface area contributed by atoms with E-state index in [4.69, 9.17) is 4.42 Å². The van der Waals surface area contributed by atoms with Gasteiger partial charge in [0.1, 0.15) is 17.1 Å². The van der Waals surface area contributed by atoms with Gasteiger partial charge >= 0.3 is 0 Å². The molecule has 0 radical (unpaired) electrons. The molecule has 0 aliphatic carbocycles. The van der Waals surface area contributed by atoms with Crippen LogP contribution >= 0.6 is 0 Å². The van der Waals surface area contributed by atoms with Crippen LogP contribution in [0.5, 0.6) is 5.75 Å². The first-order valence-corrected chi connectivity index (χ1v) is 6.82. The van der Waals surface area contributed by atoms with Crippen molar-refractivity contribution < 1.29 is 14.3 Å². The quantitative estimate of drug-likeness (QED) is 0.712. The number of para-hydroxylation sites is 1. The van der Waals surface area contributed by atoms with E-state index < -0.39 is 0 Å². The van der Waals surface area contributed by atoms with Crippen LogP contribution in [-0.4, -0.2) is 10.9 Å². The van der Waals surface area contributed by atoms with Gasteiger partial charge in [-0.25, -0.2) is 0 Å². The molecule has 3 nitrogen and oxygen atoms in total. The number of phenolic OH excluding ortho intramolecular Hbond substituents is 1. The number of aryl methyl sites for hydroxylation is 3. The topological polar surface area (TPSA) is 50.4 Å². The van der Waals surface area contributed by atoms with Crippen molar-refractivity contribution in [2.45, 2.75) is 20.8 Å². The zero-order valence-corrected chi connectivity index (χ0v) is 12.2. The van der Waals surface area contributed by atoms with Crippen molar-refractivity contribution in [2.24, 2.45) is 0 Å². The molecule has 2 aromatic carbocycles. The zero-order valence-electron chi connectivity index (χ0n) is 12.2. The predicted molar refractivity (Wildman–Crippen MR) is 82.0 cm³/mol. The average Bonchev–Trinajstić information content (AvgIpc) is 2.79. The molecule has 1 aromatic heterocycles. The molecule has 0 aliphatic heterocycles. The van der Waals surface area contributed by atoms with E-state index in [2.05, 4.69) is 0 Å². The van der Waals surface area contributed by atoms with Gasteiger partial charge in [-0.1, -0.05) is 18.2 Å². The number of rotatable bonds is 2. The summed E-state index contributed by atoms with van der Waals surface area (Å²) in [5, 5.41) is 10.7. The highest BCUT2D eigenvalue weighted by Crippen LogP contribution is 2.30. The molecule has 0 spiro atoms. The third kappa shape index (κ3) is 2.11. The van der Waals surface area contributed by atoms with Crippen LogP contribution in [0.2, 0.25) is 0 Å². The summed E-state index contributed by atoms with van der Waals surface area (Å²) < 4.78 is 5.66. The molecule has 3 heteroatoms. The molecule has 0 atom stereocenters. The van der Waals surface area contributed by atoms with Gasteiger partial charge in [0.05, 0.1) is 5.56 Å². The van der Waals surface area contributed by atoms with Gasteiger partial charge in [0.2, 0.25) is 0 Å². The molecule has 0 saturated heterocycles. The van der Waals surface area contributed by atoms with Gasteiger partial charge in [-0.2, -0.15) is 0 Å². The van der Waals surface area contributed by atoms with Gasteiger partial charge in [-0.05, 0) is 50.1 Å². The summed E-state index contributed by atoms with van der Waals surface area (Å²) in [6.45, 7) is 5.38. The lowest BCUT2D eigenvalue weighted by molar-refractivity contribution is 0.103. The van der Waals surface area contributed by atoms with E-state index in [1.807, 2.05) is 24.3 Å². The highest BCUT2D eigenvalue weighted by Gasteiger charge is 2.20. The maximum absolute atomic E-state index is 12.8. The normalized spacial score (nSPS) is 11.0. The van der Waals surface area contributed by atoms with Gasteiger partial charge in [0.15, 0.2) is 5.78 Å². The van der Waals surface area contributed by atoms with Crippen molar-refractivity contribution in [1.29, 1.82) is 0 Å². The lowest BCUT2D eigenvalue weighted by Crippen LogP contribution is -2.03. The number of benzene rings is 2. The van der Waals surface area contributed by atoms with Gasteiger partial charge in [0, 0.05) is 10.9 Å². The summed E-state index contributed by atoms with van der Waals surface area (Å²) in [6.07, 6.45) is 0. The predicted octanol–water partition coefficient (Wildman–Crippen LogP) is 4.29. The molecule has 0 amide bonds. The Balaban J connectivity index is 2.19. The van der Waals surface area contributed by atoms with E-state index in [0.29, 0.717) is 33.6 Å². The third-order valence-corrected chi connectivity index (χ3v) is 3.75. The second-order valence-electron chi connectivity index (χ2n) is 5.32. The van der Waals surface area contributed by atoms with Crippen molar-refractivity contribution in [3.05, 3.63) is 64.4 Å². The first-order valence-electron chi connectivity index (χ1n) is 6.82. The van der Waals surface area contributed by atoms with E-state index in [1.54, 1.807) is 32.9 Å². The number of furan rings is 1. The lowest BCUT2D eigenvalue weighted by Gasteiger charge is -2.07. The van der Waals surface area contributed by atoms with Gasteiger partial charge < -0.3 is 9.52 Å². The SMILES string of the molecule is Cc1cc(C(=O)c2c(C)oc3ccccc23)cc(C)c1O. The van der Waals surface area contributed by atoms with Gasteiger partial charge in [-0.3, -0.25) is 4.79 Å². The zero-order chi connectivity index (χ0) is 15.1. The smallest absolute Gasteiger partial charge is 0.197 e. The molecule has 3 aromatic rings. The monoisotopic (exact) mass is 280 g/mol. The Morgan fingerprint density at radius 2 is 1.67 bits per heavy atom. The summed E-state index contributed by atoms with van der Waals surface area (Å²) in [6, 6.07) is 10.9. The van der Waals surface area contributed by atoms with Crippen LogP contribution in [0.1, 0.15) is 32.8 Å². The Labute approximate surface area is 122 Å². The van der Waals surface area contributed by atoms with E-state index in [1.165, 1.54) is 0 Å². The third-order valence-electron chi connectivity index (χ3n) is 3.75. The molecule has 0 bridgehead atoms. The van der Waals surface area contributed by atoms with Crippen LogP contribution in [0.3, 0.4) is 0 Å². The van der Waals surface area contributed by atoms with Crippen molar-refractivity contribution in [3.63, 3.8) is 0 Å². The Morgan fingerprint density at radius 3 is 2.33 bits per heavy atom. The summed E-state index contributed by atoms with van der Waals surface area (Å²) in [5.74, 6) is 0.772. The second kappa shape index (κ2) is 4.77. The number of fused-ring (bicyclic) bond motifs is 1. The number of hydrogen-bond acceptors (Lipinski definition) is 3. The van der Waals surface area contributed by atoms with Crippen LogP contribution in [0.15, 0.2) is 40.8 Å². The molecule has 0 aliphatic rings. The van der Waals surface area contributed by atoms with E-state index in [9.17, 15) is 9.90 Å². The van der Waals surface area contributed by atoms with E-state index in [-0.39, 0.29) is 11.5 Å². The molecule has 1 N–H and O–H groups in total. The van der Waals surface area contributed by atoms with Crippen LogP contribution < -0.4 is 0 Å². The number of ketones is 1. The van der Waals surface area contributed by atoms with Crippen molar-refractivity contribution >= 4 is 16.8 Å². The number of aromatic hydroxyl groups is 1. The lowest BCUT2D eigenvalue weighted by atomic mass is 9.97. The number of carbonyl (C=O) groups is 1. The fraction of sp³-hybridized carbons (Fsp3) is 0.167. The summed E-state index contributed by atoms with van der Waals surface area (Å²) >= 11 is 0. The van der Waals surface area contributed by atoms with Gasteiger partial charge in [0.25, 0.3) is 0 Å². The fourth-order valence-electron chi connectivity index (χ4n) is 2.68. The maximum atomic E-state index is 12.8. The average molecular weight is 280 g/mol. The summed E-state index contributed by atoms with van der Waals surface area (Å²) in [7, 11) is 0. The molecule has 1 heterocycles. The highest BCUT2D eigenvalue weighted by molar-refractivity contribution is 6.17. The van der Waals surface area contributed by atoms with Crippen LogP contribution in [-0.2, 0) is 0 Å².